The normalized spacial score (nSPS) is 36.1. The molecular weight excluding hydrogens is 272 g/mol. The second-order valence-electron chi connectivity index (χ2n) is 6.35. The minimum absolute atomic E-state index is 0.107. The lowest BCUT2D eigenvalue weighted by molar-refractivity contribution is -0.270. The average molecular weight is 296 g/mol. The van der Waals surface area contributed by atoms with Gasteiger partial charge in [-0.1, -0.05) is 6.08 Å². The molecule has 1 heterocycles. The van der Waals surface area contributed by atoms with Gasteiger partial charge in [0.15, 0.2) is 11.6 Å². The zero-order valence-corrected chi connectivity index (χ0v) is 13.1. The predicted octanol–water partition coefficient (Wildman–Crippen LogP) is 1.95. The van der Waals surface area contributed by atoms with Gasteiger partial charge in [0.05, 0.1) is 30.7 Å². The summed E-state index contributed by atoms with van der Waals surface area (Å²) < 4.78 is 17.2. The van der Waals surface area contributed by atoms with Crippen molar-refractivity contribution in [1.82, 2.24) is 0 Å². The fourth-order valence-corrected chi connectivity index (χ4v) is 3.47. The van der Waals surface area contributed by atoms with Crippen LogP contribution in [0, 0.1) is 5.41 Å². The molecule has 0 amide bonds. The molecule has 0 aromatic heterocycles. The molecule has 0 unspecified atom stereocenters. The van der Waals surface area contributed by atoms with E-state index in [0.717, 1.165) is 0 Å². The Morgan fingerprint density at radius 3 is 2.71 bits per heavy atom. The molecule has 0 radical (unpaired) electrons. The van der Waals surface area contributed by atoms with E-state index in [1.54, 1.807) is 19.9 Å². The highest BCUT2D eigenvalue weighted by molar-refractivity contribution is 5.92. The van der Waals surface area contributed by atoms with E-state index in [9.17, 15) is 9.90 Å². The molecule has 21 heavy (non-hydrogen) atoms. The van der Waals surface area contributed by atoms with Gasteiger partial charge < -0.3 is 19.3 Å². The van der Waals surface area contributed by atoms with Crippen LogP contribution < -0.4 is 0 Å². The Hall–Kier alpha value is -1.17. The summed E-state index contributed by atoms with van der Waals surface area (Å²) in [5, 5.41) is 10.3. The first kappa shape index (κ1) is 16.2. The van der Waals surface area contributed by atoms with E-state index < -0.39 is 22.9 Å². The van der Waals surface area contributed by atoms with Crippen molar-refractivity contribution in [1.29, 1.82) is 0 Å². The topological polar surface area (TPSA) is 65.0 Å². The lowest BCUT2D eigenvalue weighted by Crippen LogP contribution is -2.52. The molecule has 1 fully saturated rings. The molecule has 0 aromatic carbocycles. The number of carbonyl (C=O) groups is 1. The van der Waals surface area contributed by atoms with Gasteiger partial charge in [-0.05, 0) is 26.7 Å². The Balaban J connectivity index is 2.57. The van der Waals surface area contributed by atoms with E-state index in [-0.39, 0.29) is 12.2 Å². The van der Waals surface area contributed by atoms with E-state index in [4.69, 9.17) is 14.2 Å². The van der Waals surface area contributed by atoms with Crippen molar-refractivity contribution in [2.45, 2.75) is 50.6 Å². The molecule has 1 aliphatic carbocycles. The van der Waals surface area contributed by atoms with Crippen LogP contribution >= 0.6 is 0 Å². The maximum Gasteiger partial charge on any atom is 0.188 e. The van der Waals surface area contributed by atoms with E-state index in [1.165, 1.54) is 20.3 Å². The van der Waals surface area contributed by atoms with Gasteiger partial charge in [-0.25, -0.2) is 0 Å². The largest absolute Gasteiger partial charge is 0.500 e. The van der Waals surface area contributed by atoms with Crippen LogP contribution in [0.3, 0.4) is 0 Å². The quantitative estimate of drug-likeness (QED) is 0.786. The molecule has 2 aliphatic rings. The molecule has 0 spiro atoms. The predicted molar refractivity (Wildman–Crippen MR) is 77.5 cm³/mol. The number of ether oxygens (including phenoxy) is 3. The highest BCUT2D eigenvalue weighted by Gasteiger charge is 2.66. The van der Waals surface area contributed by atoms with Crippen molar-refractivity contribution in [3.05, 3.63) is 24.5 Å². The maximum atomic E-state index is 12.0. The van der Waals surface area contributed by atoms with Crippen molar-refractivity contribution in [2.24, 2.45) is 5.41 Å². The third kappa shape index (κ3) is 2.33. The summed E-state index contributed by atoms with van der Waals surface area (Å²) >= 11 is 0. The summed E-state index contributed by atoms with van der Waals surface area (Å²) in [5.41, 5.74) is -1.68. The van der Waals surface area contributed by atoms with E-state index in [0.29, 0.717) is 18.6 Å². The first-order valence-electron chi connectivity index (χ1n) is 7.10. The summed E-state index contributed by atoms with van der Waals surface area (Å²) in [6, 6.07) is 0. The Morgan fingerprint density at radius 2 is 2.24 bits per heavy atom. The highest BCUT2D eigenvalue weighted by atomic mass is 16.7. The molecule has 0 aromatic rings. The third-order valence-electron chi connectivity index (χ3n) is 4.60. The second-order valence-corrected chi connectivity index (χ2v) is 6.35. The maximum absolute atomic E-state index is 12.0. The number of hydrogen-bond acceptors (Lipinski definition) is 5. The van der Waals surface area contributed by atoms with Gasteiger partial charge in [0.25, 0.3) is 0 Å². The minimum Gasteiger partial charge on any atom is -0.500 e. The van der Waals surface area contributed by atoms with Crippen LogP contribution in [0.5, 0.6) is 0 Å². The highest BCUT2D eigenvalue weighted by Crippen LogP contribution is 2.59. The Bertz CT molecular complexity index is 476. The Kier molecular flexibility index (Phi) is 4.04. The number of ketones is 1. The molecule has 5 nitrogen and oxygen atoms in total. The van der Waals surface area contributed by atoms with E-state index >= 15 is 0 Å². The standard InChI is InChI=1S/C16H24O5/c1-6-7-15-10-13(14(2,3)18)21-16(15,20-5)9-11(17)8-12(15)19-4/h6,8,13,18H,1,7,9-10H2,2-5H3/t13-,15+,16-/m1/s1. The van der Waals surface area contributed by atoms with Crippen LogP contribution in [-0.2, 0) is 19.0 Å². The Labute approximate surface area is 125 Å². The van der Waals surface area contributed by atoms with Gasteiger partial charge in [-0.3, -0.25) is 4.79 Å². The molecule has 5 heteroatoms. The SMILES string of the molecule is C=CC[C@@]12C[C@H](C(C)(C)O)O[C@]1(OC)CC(=O)C=C2OC. The summed E-state index contributed by atoms with van der Waals surface area (Å²) in [6.45, 7) is 7.19. The van der Waals surface area contributed by atoms with Crippen molar-refractivity contribution < 1.29 is 24.1 Å². The lowest BCUT2D eigenvalue weighted by atomic mass is 9.67. The van der Waals surface area contributed by atoms with E-state index in [2.05, 4.69) is 6.58 Å². The monoisotopic (exact) mass is 296 g/mol. The van der Waals surface area contributed by atoms with Gasteiger partial charge in [-0.2, -0.15) is 0 Å². The van der Waals surface area contributed by atoms with Gasteiger partial charge in [0, 0.05) is 13.2 Å². The number of allylic oxidation sites excluding steroid dienone is 2. The van der Waals surface area contributed by atoms with Crippen LogP contribution in [0.2, 0.25) is 0 Å². The first-order valence-corrected chi connectivity index (χ1v) is 7.10. The molecule has 1 saturated heterocycles. The number of rotatable bonds is 5. The van der Waals surface area contributed by atoms with Crippen LogP contribution in [0.25, 0.3) is 0 Å². The van der Waals surface area contributed by atoms with Crippen LogP contribution in [-0.4, -0.2) is 42.6 Å². The molecule has 1 N–H and O–H groups in total. The van der Waals surface area contributed by atoms with Crippen molar-refractivity contribution in [3.63, 3.8) is 0 Å². The van der Waals surface area contributed by atoms with Crippen molar-refractivity contribution >= 4 is 5.78 Å². The Morgan fingerprint density at radius 1 is 1.57 bits per heavy atom. The molecular formula is C16H24O5. The lowest BCUT2D eigenvalue weighted by Gasteiger charge is -2.45. The fourth-order valence-electron chi connectivity index (χ4n) is 3.47. The summed E-state index contributed by atoms with van der Waals surface area (Å²) in [7, 11) is 3.06. The van der Waals surface area contributed by atoms with Crippen molar-refractivity contribution in [3.8, 4) is 0 Å². The van der Waals surface area contributed by atoms with Gasteiger partial charge >= 0.3 is 0 Å². The molecule has 3 atom stereocenters. The van der Waals surface area contributed by atoms with E-state index in [1.807, 2.05) is 0 Å². The van der Waals surface area contributed by atoms with Gasteiger partial charge in [0.2, 0.25) is 0 Å². The minimum atomic E-state index is -1.12. The molecule has 1 aliphatic heterocycles. The number of carbonyl (C=O) groups excluding carboxylic acids is 1. The summed E-state index contributed by atoms with van der Waals surface area (Å²) in [6.07, 6.45) is 3.98. The second kappa shape index (κ2) is 5.23. The molecule has 118 valence electrons. The average Bonchev–Trinajstić information content (AvgIpc) is 2.74. The zero-order valence-electron chi connectivity index (χ0n) is 13.1. The molecule has 0 saturated carbocycles. The van der Waals surface area contributed by atoms with Gasteiger partial charge in [-0.15, -0.1) is 6.58 Å². The van der Waals surface area contributed by atoms with Crippen molar-refractivity contribution in [2.75, 3.05) is 14.2 Å². The summed E-state index contributed by atoms with van der Waals surface area (Å²) in [4.78, 5) is 12.0. The summed E-state index contributed by atoms with van der Waals surface area (Å²) in [5.74, 6) is -0.694. The first-order chi connectivity index (χ1) is 9.74. The van der Waals surface area contributed by atoms with Crippen LogP contribution in [0.15, 0.2) is 24.5 Å². The molecule has 2 rings (SSSR count). The number of fused-ring (bicyclic) bond motifs is 1. The number of aliphatic hydroxyl groups is 1. The van der Waals surface area contributed by atoms with Crippen LogP contribution in [0.1, 0.15) is 33.1 Å². The molecule has 0 bridgehead atoms. The van der Waals surface area contributed by atoms with Gasteiger partial charge in [0.1, 0.15) is 5.76 Å². The zero-order chi connectivity index (χ0) is 15.9. The third-order valence-corrected chi connectivity index (χ3v) is 4.60. The number of methoxy groups -OCH3 is 2. The van der Waals surface area contributed by atoms with Crippen LogP contribution in [0.4, 0.5) is 0 Å². The number of hydrogen-bond donors (Lipinski definition) is 1. The fraction of sp³-hybridized carbons (Fsp3) is 0.688. The smallest absolute Gasteiger partial charge is 0.188 e.